The first-order chi connectivity index (χ1) is 10.1. The standard InChI is InChI=1S/C15H18BrN3O2/c1-10-18-5-4-12(19-10)9-17-8-11-6-14(20-2)15(21-3)7-13(11)16/h4-7,17H,8-9H2,1-3H3. The second-order valence-electron chi connectivity index (χ2n) is 4.50. The first kappa shape index (κ1) is 15.7. The summed E-state index contributed by atoms with van der Waals surface area (Å²) in [4.78, 5) is 8.44. The van der Waals surface area contributed by atoms with Crippen molar-refractivity contribution in [3.63, 3.8) is 0 Å². The van der Waals surface area contributed by atoms with Crippen LogP contribution >= 0.6 is 15.9 Å². The SMILES string of the molecule is COc1cc(Br)c(CNCc2ccnc(C)n2)cc1OC. The van der Waals surface area contributed by atoms with Crippen LogP contribution in [0.3, 0.4) is 0 Å². The Morgan fingerprint density at radius 3 is 2.52 bits per heavy atom. The van der Waals surface area contributed by atoms with E-state index in [-0.39, 0.29) is 0 Å². The maximum atomic E-state index is 5.32. The lowest BCUT2D eigenvalue weighted by atomic mass is 10.2. The summed E-state index contributed by atoms with van der Waals surface area (Å²) < 4.78 is 11.6. The van der Waals surface area contributed by atoms with Crippen LogP contribution in [0.15, 0.2) is 28.9 Å². The van der Waals surface area contributed by atoms with Crippen LogP contribution in [-0.4, -0.2) is 24.2 Å². The summed E-state index contributed by atoms with van der Waals surface area (Å²) in [5, 5.41) is 3.36. The molecule has 1 aromatic heterocycles. The maximum Gasteiger partial charge on any atom is 0.161 e. The van der Waals surface area contributed by atoms with Crippen molar-refractivity contribution in [1.29, 1.82) is 0 Å². The largest absolute Gasteiger partial charge is 0.493 e. The van der Waals surface area contributed by atoms with Crippen LogP contribution in [0.1, 0.15) is 17.1 Å². The Hall–Kier alpha value is -1.66. The van der Waals surface area contributed by atoms with Crippen LogP contribution in [0, 0.1) is 6.92 Å². The summed E-state index contributed by atoms with van der Waals surface area (Å²) in [6, 6.07) is 5.77. The van der Waals surface area contributed by atoms with Gasteiger partial charge in [0.05, 0.1) is 19.9 Å². The molecule has 1 heterocycles. The molecule has 6 heteroatoms. The van der Waals surface area contributed by atoms with Crippen LogP contribution in [-0.2, 0) is 13.1 Å². The fourth-order valence-electron chi connectivity index (χ4n) is 1.96. The molecule has 1 aromatic carbocycles. The zero-order chi connectivity index (χ0) is 15.2. The third kappa shape index (κ3) is 4.15. The van der Waals surface area contributed by atoms with Gasteiger partial charge < -0.3 is 14.8 Å². The van der Waals surface area contributed by atoms with Gasteiger partial charge in [0.1, 0.15) is 5.82 Å². The molecule has 0 unspecified atom stereocenters. The van der Waals surface area contributed by atoms with E-state index >= 15 is 0 Å². The second-order valence-corrected chi connectivity index (χ2v) is 5.35. The van der Waals surface area contributed by atoms with Gasteiger partial charge in [0.15, 0.2) is 11.5 Å². The van der Waals surface area contributed by atoms with Crippen molar-refractivity contribution in [2.24, 2.45) is 0 Å². The van der Waals surface area contributed by atoms with Crippen LogP contribution in [0.25, 0.3) is 0 Å². The smallest absolute Gasteiger partial charge is 0.161 e. The normalized spacial score (nSPS) is 10.5. The third-order valence-corrected chi connectivity index (χ3v) is 3.75. The first-order valence-electron chi connectivity index (χ1n) is 6.53. The number of halogens is 1. The maximum absolute atomic E-state index is 5.32. The molecular formula is C15H18BrN3O2. The van der Waals surface area contributed by atoms with Crippen LogP contribution in [0.4, 0.5) is 0 Å². The van der Waals surface area contributed by atoms with Gasteiger partial charge >= 0.3 is 0 Å². The van der Waals surface area contributed by atoms with E-state index in [0.717, 1.165) is 27.3 Å². The van der Waals surface area contributed by atoms with Gasteiger partial charge in [-0.1, -0.05) is 15.9 Å². The number of aryl methyl sites for hydroxylation is 1. The molecule has 0 bridgehead atoms. The molecular weight excluding hydrogens is 334 g/mol. The highest BCUT2D eigenvalue weighted by molar-refractivity contribution is 9.10. The van der Waals surface area contributed by atoms with Gasteiger partial charge in [0.25, 0.3) is 0 Å². The van der Waals surface area contributed by atoms with E-state index in [1.165, 1.54) is 0 Å². The van der Waals surface area contributed by atoms with Gasteiger partial charge in [-0.05, 0) is 30.7 Å². The van der Waals surface area contributed by atoms with E-state index in [1.54, 1.807) is 20.4 Å². The quantitative estimate of drug-likeness (QED) is 0.867. The van der Waals surface area contributed by atoms with Crippen LogP contribution in [0.2, 0.25) is 0 Å². The summed E-state index contributed by atoms with van der Waals surface area (Å²) >= 11 is 3.55. The van der Waals surface area contributed by atoms with Crippen molar-refractivity contribution in [3.05, 3.63) is 46.0 Å². The molecule has 0 amide bonds. The Labute approximate surface area is 132 Å². The minimum absolute atomic E-state index is 0.685. The van der Waals surface area contributed by atoms with Gasteiger partial charge in [0.2, 0.25) is 0 Å². The summed E-state index contributed by atoms with van der Waals surface area (Å²) in [5.74, 6) is 2.21. The van der Waals surface area contributed by atoms with E-state index in [4.69, 9.17) is 9.47 Å². The minimum Gasteiger partial charge on any atom is -0.493 e. The van der Waals surface area contributed by atoms with Crippen molar-refractivity contribution in [3.8, 4) is 11.5 Å². The molecule has 0 radical (unpaired) electrons. The first-order valence-corrected chi connectivity index (χ1v) is 7.33. The predicted octanol–water partition coefficient (Wildman–Crippen LogP) is 2.85. The lowest BCUT2D eigenvalue weighted by Crippen LogP contribution is -2.14. The van der Waals surface area contributed by atoms with Crippen molar-refractivity contribution >= 4 is 15.9 Å². The van der Waals surface area contributed by atoms with Crippen LogP contribution < -0.4 is 14.8 Å². The topological polar surface area (TPSA) is 56.3 Å². The molecule has 0 atom stereocenters. The van der Waals surface area contributed by atoms with Gasteiger partial charge in [-0.2, -0.15) is 0 Å². The van der Waals surface area contributed by atoms with E-state index in [0.29, 0.717) is 18.8 Å². The predicted molar refractivity (Wildman–Crippen MR) is 84.6 cm³/mol. The molecule has 0 saturated heterocycles. The van der Waals surface area contributed by atoms with Crippen LogP contribution in [0.5, 0.6) is 11.5 Å². The fourth-order valence-corrected chi connectivity index (χ4v) is 2.42. The average Bonchev–Trinajstić information content (AvgIpc) is 2.48. The molecule has 0 fully saturated rings. The summed E-state index contributed by atoms with van der Waals surface area (Å²) in [7, 11) is 3.26. The fraction of sp³-hybridized carbons (Fsp3) is 0.333. The third-order valence-electron chi connectivity index (χ3n) is 3.01. The summed E-state index contributed by atoms with van der Waals surface area (Å²) in [5.41, 5.74) is 2.07. The number of hydrogen-bond donors (Lipinski definition) is 1. The summed E-state index contributed by atoms with van der Waals surface area (Å²) in [6.45, 7) is 3.27. The molecule has 5 nitrogen and oxygen atoms in total. The number of benzene rings is 1. The zero-order valence-corrected chi connectivity index (χ0v) is 13.9. The monoisotopic (exact) mass is 351 g/mol. The Bertz CT molecular complexity index is 620. The molecule has 21 heavy (non-hydrogen) atoms. The highest BCUT2D eigenvalue weighted by atomic mass is 79.9. The molecule has 1 N–H and O–H groups in total. The Kier molecular flexibility index (Phi) is 5.52. The molecule has 2 aromatic rings. The second kappa shape index (κ2) is 7.38. The average molecular weight is 352 g/mol. The molecule has 2 rings (SSSR count). The lowest BCUT2D eigenvalue weighted by Gasteiger charge is -2.12. The minimum atomic E-state index is 0.685. The molecule has 0 aliphatic carbocycles. The highest BCUT2D eigenvalue weighted by Gasteiger charge is 2.09. The van der Waals surface area contributed by atoms with E-state index in [1.807, 2.05) is 25.1 Å². The number of rotatable bonds is 6. The highest BCUT2D eigenvalue weighted by Crippen LogP contribution is 2.33. The van der Waals surface area contributed by atoms with Gasteiger partial charge in [-0.15, -0.1) is 0 Å². The van der Waals surface area contributed by atoms with Gasteiger partial charge in [0, 0.05) is 23.8 Å². The summed E-state index contributed by atoms with van der Waals surface area (Å²) in [6.07, 6.45) is 1.77. The molecule has 0 saturated carbocycles. The Morgan fingerprint density at radius 2 is 1.86 bits per heavy atom. The lowest BCUT2D eigenvalue weighted by molar-refractivity contribution is 0.354. The number of methoxy groups -OCH3 is 2. The Morgan fingerprint density at radius 1 is 1.14 bits per heavy atom. The number of hydrogen-bond acceptors (Lipinski definition) is 5. The number of nitrogens with one attached hydrogen (secondary N) is 1. The number of ether oxygens (including phenoxy) is 2. The van der Waals surface area contributed by atoms with Gasteiger partial charge in [-0.25, -0.2) is 9.97 Å². The zero-order valence-electron chi connectivity index (χ0n) is 12.3. The van der Waals surface area contributed by atoms with Crippen molar-refractivity contribution in [1.82, 2.24) is 15.3 Å². The van der Waals surface area contributed by atoms with E-state index < -0.39 is 0 Å². The number of nitrogens with zero attached hydrogens (tertiary/aromatic N) is 2. The van der Waals surface area contributed by atoms with E-state index in [2.05, 4.69) is 31.2 Å². The Balaban J connectivity index is 2.03. The molecule has 0 spiro atoms. The molecule has 0 aliphatic rings. The number of aromatic nitrogens is 2. The van der Waals surface area contributed by atoms with Crippen molar-refractivity contribution in [2.45, 2.75) is 20.0 Å². The van der Waals surface area contributed by atoms with Crippen molar-refractivity contribution < 1.29 is 9.47 Å². The van der Waals surface area contributed by atoms with E-state index in [9.17, 15) is 0 Å². The molecule has 0 aliphatic heterocycles. The van der Waals surface area contributed by atoms with Gasteiger partial charge in [-0.3, -0.25) is 0 Å². The van der Waals surface area contributed by atoms with Crippen molar-refractivity contribution in [2.75, 3.05) is 14.2 Å². The molecule has 112 valence electrons.